The van der Waals surface area contributed by atoms with Crippen molar-refractivity contribution in [2.24, 2.45) is 0 Å². The van der Waals surface area contributed by atoms with Crippen molar-refractivity contribution in [3.8, 4) is 0 Å². The number of pyridine rings is 1. The topological polar surface area (TPSA) is 42.0 Å². The van der Waals surface area contributed by atoms with Crippen molar-refractivity contribution in [3.63, 3.8) is 0 Å². The predicted octanol–water partition coefficient (Wildman–Crippen LogP) is 1.70. The zero-order valence-electron chi connectivity index (χ0n) is 8.70. The summed E-state index contributed by atoms with van der Waals surface area (Å²) in [5, 5.41) is 3.27. The number of nitrogens with one attached hydrogen (secondary N) is 1. The lowest BCUT2D eigenvalue weighted by atomic mass is 10.3. The van der Waals surface area contributed by atoms with Gasteiger partial charge in [-0.15, -0.1) is 0 Å². The molecule has 0 aliphatic heterocycles. The molecule has 0 aliphatic rings. The Morgan fingerprint density at radius 1 is 1.53 bits per heavy atom. The van der Waals surface area contributed by atoms with Gasteiger partial charge in [-0.1, -0.05) is 6.07 Å². The lowest BCUT2D eigenvalue weighted by Gasteiger charge is -2.03. The molecule has 0 aromatic carbocycles. The van der Waals surface area contributed by atoms with Crippen molar-refractivity contribution >= 4 is 26.7 Å². The van der Waals surface area contributed by atoms with Gasteiger partial charge in [-0.05, 0) is 41.0 Å². The van der Waals surface area contributed by atoms with Crippen molar-refractivity contribution < 1.29 is 4.21 Å². The van der Waals surface area contributed by atoms with E-state index in [2.05, 4.69) is 26.2 Å². The van der Waals surface area contributed by atoms with Gasteiger partial charge in [0.2, 0.25) is 0 Å². The maximum absolute atomic E-state index is 10.8. The van der Waals surface area contributed by atoms with Gasteiger partial charge >= 0.3 is 0 Å². The van der Waals surface area contributed by atoms with E-state index < -0.39 is 10.8 Å². The molecule has 1 aromatic heterocycles. The minimum Gasteiger partial charge on any atom is -0.311 e. The van der Waals surface area contributed by atoms with Crippen LogP contribution in [0.2, 0.25) is 0 Å². The summed E-state index contributed by atoms with van der Waals surface area (Å²) in [6, 6.07) is 5.86. The lowest BCUT2D eigenvalue weighted by Crippen LogP contribution is -2.17. The fourth-order valence-corrected chi connectivity index (χ4v) is 2.10. The van der Waals surface area contributed by atoms with Crippen LogP contribution in [0.1, 0.15) is 12.1 Å². The Kier molecular flexibility index (Phi) is 6.05. The molecule has 3 nitrogen and oxygen atoms in total. The van der Waals surface area contributed by atoms with E-state index in [-0.39, 0.29) is 0 Å². The maximum Gasteiger partial charge on any atom is 0.106 e. The third kappa shape index (κ3) is 6.02. The number of rotatable bonds is 6. The quantitative estimate of drug-likeness (QED) is 0.641. The van der Waals surface area contributed by atoms with E-state index in [1.807, 2.05) is 18.2 Å². The molecule has 1 atom stereocenters. The first-order valence-electron chi connectivity index (χ1n) is 4.80. The molecule has 0 amide bonds. The number of nitrogens with zero attached hydrogens (tertiary/aromatic N) is 1. The van der Waals surface area contributed by atoms with Gasteiger partial charge in [0.15, 0.2) is 0 Å². The summed E-state index contributed by atoms with van der Waals surface area (Å²) in [6.07, 6.45) is 2.67. The highest BCUT2D eigenvalue weighted by molar-refractivity contribution is 9.10. The van der Waals surface area contributed by atoms with E-state index in [0.717, 1.165) is 35.6 Å². The van der Waals surface area contributed by atoms with E-state index in [9.17, 15) is 4.21 Å². The zero-order chi connectivity index (χ0) is 11.1. The molecule has 0 spiro atoms. The van der Waals surface area contributed by atoms with Crippen LogP contribution in [0.15, 0.2) is 22.8 Å². The van der Waals surface area contributed by atoms with E-state index in [1.54, 1.807) is 6.26 Å². The summed E-state index contributed by atoms with van der Waals surface area (Å²) in [6.45, 7) is 1.64. The molecule has 0 fully saturated rings. The first-order chi connectivity index (χ1) is 7.18. The second kappa shape index (κ2) is 7.09. The molecular formula is C10H15BrN2OS. The Morgan fingerprint density at radius 3 is 3.00 bits per heavy atom. The van der Waals surface area contributed by atoms with Crippen LogP contribution in [0.25, 0.3) is 0 Å². The molecule has 1 rings (SSSR count). The van der Waals surface area contributed by atoms with Crippen molar-refractivity contribution in [2.75, 3.05) is 18.6 Å². The van der Waals surface area contributed by atoms with Gasteiger partial charge in [0, 0.05) is 29.4 Å². The summed E-state index contributed by atoms with van der Waals surface area (Å²) < 4.78 is 11.6. The van der Waals surface area contributed by atoms with Crippen LogP contribution in [0.4, 0.5) is 0 Å². The molecular weight excluding hydrogens is 276 g/mol. The predicted molar refractivity (Wildman–Crippen MR) is 67.2 cm³/mol. The highest BCUT2D eigenvalue weighted by Crippen LogP contribution is 2.05. The minimum atomic E-state index is -0.680. The Labute approximate surface area is 101 Å². The van der Waals surface area contributed by atoms with Crippen LogP contribution in [0.5, 0.6) is 0 Å². The second-order valence-electron chi connectivity index (χ2n) is 3.26. The average Bonchev–Trinajstić information content (AvgIpc) is 2.17. The molecule has 5 heteroatoms. The van der Waals surface area contributed by atoms with E-state index in [1.165, 1.54) is 0 Å². The van der Waals surface area contributed by atoms with Crippen molar-refractivity contribution in [3.05, 3.63) is 28.5 Å². The molecule has 1 heterocycles. The van der Waals surface area contributed by atoms with Gasteiger partial charge in [-0.3, -0.25) is 4.21 Å². The molecule has 84 valence electrons. The highest BCUT2D eigenvalue weighted by atomic mass is 79.9. The smallest absolute Gasteiger partial charge is 0.106 e. The Morgan fingerprint density at radius 2 is 2.33 bits per heavy atom. The molecule has 0 saturated heterocycles. The van der Waals surface area contributed by atoms with Gasteiger partial charge in [0.25, 0.3) is 0 Å². The average molecular weight is 291 g/mol. The monoisotopic (exact) mass is 290 g/mol. The summed E-state index contributed by atoms with van der Waals surface area (Å²) in [4.78, 5) is 4.30. The van der Waals surface area contributed by atoms with E-state index in [4.69, 9.17) is 0 Å². The SMILES string of the molecule is CS(=O)CCCNCc1cccc(Br)n1. The van der Waals surface area contributed by atoms with Crippen molar-refractivity contribution in [1.82, 2.24) is 10.3 Å². The molecule has 1 N–H and O–H groups in total. The minimum absolute atomic E-state index is 0.680. The fraction of sp³-hybridized carbons (Fsp3) is 0.500. The van der Waals surface area contributed by atoms with Gasteiger partial charge < -0.3 is 5.32 Å². The molecule has 1 aromatic rings. The molecule has 1 unspecified atom stereocenters. The Hall–Kier alpha value is -0.260. The van der Waals surface area contributed by atoms with Crippen molar-refractivity contribution in [2.45, 2.75) is 13.0 Å². The largest absolute Gasteiger partial charge is 0.311 e. The Bertz CT molecular complexity index is 333. The third-order valence-corrected chi connectivity index (χ3v) is 3.17. The van der Waals surface area contributed by atoms with Crippen LogP contribution in [0, 0.1) is 0 Å². The summed E-state index contributed by atoms with van der Waals surface area (Å²) in [5.41, 5.74) is 1.02. The standard InChI is InChI=1S/C10H15BrN2OS/c1-15(14)7-3-6-12-8-9-4-2-5-10(11)13-9/h2,4-5,12H,3,6-8H2,1H3. The van der Waals surface area contributed by atoms with Gasteiger partial charge in [0.05, 0.1) is 5.69 Å². The molecule has 0 saturated carbocycles. The van der Waals surface area contributed by atoms with Crippen LogP contribution in [-0.4, -0.2) is 27.7 Å². The van der Waals surface area contributed by atoms with Crippen molar-refractivity contribution in [1.29, 1.82) is 0 Å². The summed E-state index contributed by atoms with van der Waals surface area (Å²) in [5.74, 6) is 0.763. The van der Waals surface area contributed by atoms with Crippen LogP contribution >= 0.6 is 15.9 Å². The number of halogens is 1. The Balaban J connectivity index is 2.17. The molecule has 15 heavy (non-hydrogen) atoms. The van der Waals surface area contributed by atoms with E-state index in [0.29, 0.717) is 0 Å². The molecule has 0 aliphatic carbocycles. The van der Waals surface area contributed by atoms with Crippen LogP contribution in [-0.2, 0) is 17.3 Å². The maximum atomic E-state index is 10.8. The normalized spacial score (nSPS) is 12.7. The van der Waals surface area contributed by atoms with Crippen LogP contribution < -0.4 is 5.32 Å². The van der Waals surface area contributed by atoms with Gasteiger partial charge in [0.1, 0.15) is 4.60 Å². The summed E-state index contributed by atoms with van der Waals surface area (Å²) >= 11 is 3.32. The lowest BCUT2D eigenvalue weighted by molar-refractivity contribution is 0.655. The fourth-order valence-electron chi connectivity index (χ4n) is 1.17. The second-order valence-corrected chi connectivity index (χ2v) is 5.63. The number of aromatic nitrogens is 1. The molecule has 0 bridgehead atoms. The van der Waals surface area contributed by atoms with Gasteiger partial charge in [-0.25, -0.2) is 4.98 Å². The summed E-state index contributed by atoms with van der Waals surface area (Å²) in [7, 11) is -0.680. The van der Waals surface area contributed by atoms with E-state index >= 15 is 0 Å². The highest BCUT2D eigenvalue weighted by Gasteiger charge is 1.95. The number of hydrogen-bond donors (Lipinski definition) is 1. The number of hydrogen-bond acceptors (Lipinski definition) is 3. The zero-order valence-corrected chi connectivity index (χ0v) is 11.1. The first-order valence-corrected chi connectivity index (χ1v) is 7.32. The van der Waals surface area contributed by atoms with Gasteiger partial charge in [-0.2, -0.15) is 0 Å². The molecule has 0 radical (unpaired) electrons. The van der Waals surface area contributed by atoms with Crippen LogP contribution in [0.3, 0.4) is 0 Å². The first kappa shape index (κ1) is 12.8. The third-order valence-electron chi connectivity index (χ3n) is 1.86.